The van der Waals surface area contributed by atoms with Crippen LogP contribution in [0.2, 0.25) is 51.9 Å². The van der Waals surface area contributed by atoms with Gasteiger partial charge in [-0.15, -0.1) is 0 Å². The molecule has 0 radical (unpaired) electrons. The minimum Gasteiger partial charge on any atom is -0.433 e. The maximum Gasteiger partial charge on any atom is 0.329 e. The lowest BCUT2D eigenvalue weighted by molar-refractivity contribution is 0.115. The highest BCUT2D eigenvalue weighted by molar-refractivity contribution is 6.68. The van der Waals surface area contributed by atoms with Gasteiger partial charge in [-0.3, -0.25) is 0 Å². The van der Waals surface area contributed by atoms with Crippen molar-refractivity contribution in [3.8, 4) is 0 Å². The fourth-order valence-corrected chi connectivity index (χ4v) is 1.70. The van der Waals surface area contributed by atoms with Gasteiger partial charge in [-0.05, 0) is 58.3 Å². The van der Waals surface area contributed by atoms with Gasteiger partial charge < -0.3 is 43.0 Å². The summed E-state index contributed by atoms with van der Waals surface area (Å²) < 4.78 is 10.2. The lowest BCUT2D eigenvalue weighted by atomic mass is 10.5. The summed E-state index contributed by atoms with van der Waals surface area (Å²) in [7, 11) is -9.19. The van der Waals surface area contributed by atoms with Crippen molar-refractivity contribution in [2.45, 2.75) is 64.4 Å². The van der Waals surface area contributed by atoms with Crippen LogP contribution in [-0.2, 0) is 9.47 Å². The first-order chi connectivity index (χ1) is 11.3. The molecule has 0 aromatic heterocycles. The summed E-state index contributed by atoms with van der Waals surface area (Å²) in [6.07, 6.45) is 1.03. The Morgan fingerprint density at radius 1 is 0.962 bits per heavy atom. The molecule has 1 saturated heterocycles. The van der Waals surface area contributed by atoms with Crippen molar-refractivity contribution in [1.29, 1.82) is 0 Å². The van der Waals surface area contributed by atoms with Crippen molar-refractivity contribution < 1.29 is 43.0 Å². The molecule has 13 heteroatoms. The molecule has 1 fully saturated rings. The molecule has 0 aromatic rings. The molecule has 1 rings (SSSR count). The van der Waals surface area contributed by atoms with Crippen LogP contribution in [0.15, 0.2) is 0 Å². The molecule has 26 heavy (non-hydrogen) atoms. The smallest absolute Gasteiger partial charge is 0.329 e. The van der Waals surface area contributed by atoms with Crippen molar-refractivity contribution in [3.63, 3.8) is 0 Å². The van der Waals surface area contributed by atoms with Gasteiger partial charge in [0.1, 0.15) is 6.10 Å². The monoisotopic (exact) mass is 452 g/mol. The molecule has 1 unspecified atom stereocenters. The van der Waals surface area contributed by atoms with Gasteiger partial charge >= 0.3 is 26.4 Å². The highest BCUT2D eigenvalue weighted by Gasteiger charge is 2.23. The summed E-state index contributed by atoms with van der Waals surface area (Å²) in [6, 6.07) is 0.485. The Morgan fingerprint density at radius 2 is 1.27 bits per heavy atom. The van der Waals surface area contributed by atoms with Gasteiger partial charge in [0, 0.05) is 6.61 Å². The Labute approximate surface area is 162 Å². The third-order valence-electron chi connectivity index (χ3n) is 1.65. The SMILES string of the molecule is C[SiH](O)O.C[Si](C)(C)O.C[Si](C)(O)O.C[Si](O)(O)CCCOCC1CO1. The molecule has 0 saturated carbocycles. The Kier molecular flexibility index (Phi) is 18.5. The molecule has 0 spiro atoms. The Hall–Kier alpha value is 0.508. The number of hydrogen-bond donors (Lipinski definition) is 7. The molecule has 1 aliphatic rings. The van der Waals surface area contributed by atoms with Crippen LogP contribution < -0.4 is 0 Å². The lowest BCUT2D eigenvalue weighted by Crippen LogP contribution is -2.29. The zero-order valence-electron chi connectivity index (χ0n) is 17.1. The van der Waals surface area contributed by atoms with Crippen molar-refractivity contribution in [1.82, 2.24) is 0 Å². The average molecular weight is 453 g/mol. The summed E-state index contributed by atoms with van der Waals surface area (Å²) in [5, 5.41) is 0. The molecule has 0 bridgehead atoms. The van der Waals surface area contributed by atoms with Crippen molar-refractivity contribution in [2.24, 2.45) is 0 Å². The Bertz CT molecular complexity index is 283. The van der Waals surface area contributed by atoms with Gasteiger partial charge in [-0.25, -0.2) is 0 Å². The normalized spacial score (nSPS) is 16.5. The molecule has 0 aromatic carbocycles. The van der Waals surface area contributed by atoms with E-state index in [2.05, 4.69) is 0 Å². The average Bonchev–Trinajstić information content (AvgIpc) is 3.05. The molecule has 9 nitrogen and oxygen atoms in total. The number of hydrogen-bond acceptors (Lipinski definition) is 9. The van der Waals surface area contributed by atoms with E-state index in [1.165, 1.54) is 26.2 Å². The van der Waals surface area contributed by atoms with E-state index < -0.39 is 34.7 Å². The van der Waals surface area contributed by atoms with Crippen LogP contribution in [-0.4, -0.2) is 94.2 Å². The minimum atomic E-state index is -2.83. The van der Waals surface area contributed by atoms with E-state index in [4.69, 9.17) is 43.0 Å². The number of epoxide rings is 1. The quantitative estimate of drug-likeness (QED) is 0.154. The van der Waals surface area contributed by atoms with Gasteiger partial charge in [-0.1, -0.05) is 0 Å². The van der Waals surface area contributed by atoms with Crippen molar-refractivity contribution >= 4 is 34.7 Å². The van der Waals surface area contributed by atoms with E-state index in [0.29, 0.717) is 25.4 Å². The predicted octanol–water partition coefficient (Wildman–Crippen LogP) is -0.844. The first-order valence-corrected chi connectivity index (χ1v) is 19.6. The van der Waals surface area contributed by atoms with E-state index in [1.54, 1.807) is 0 Å². The largest absolute Gasteiger partial charge is 0.433 e. The second-order valence-corrected chi connectivity index (χ2v) is 19.2. The molecule has 1 aliphatic heterocycles. The van der Waals surface area contributed by atoms with Crippen LogP contribution in [0.1, 0.15) is 6.42 Å². The predicted molar refractivity (Wildman–Crippen MR) is 111 cm³/mol. The molecule has 7 N–H and O–H groups in total. The topological polar surface area (TPSA) is 163 Å². The fraction of sp³-hybridized carbons (Fsp3) is 1.00. The maximum atomic E-state index is 9.05. The molecule has 0 aliphatic carbocycles. The molecular weight excluding hydrogens is 412 g/mol. The van der Waals surface area contributed by atoms with Crippen LogP contribution in [0.5, 0.6) is 0 Å². The highest BCUT2D eigenvalue weighted by atomic mass is 28.4. The third-order valence-corrected chi connectivity index (χ3v) is 2.95. The number of ether oxygens (including phenoxy) is 2. The zero-order valence-corrected chi connectivity index (χ0v) is 21.3. The second kappa shape index (κ2) is 15.4. The van der Waals surface area contributed by atoms with Crippen LogP contribution >= 0.6 is 0 Å². The van der Waals surface area contributed by atoms with E-state index in [-0.39, 0.29) is 0 Å². The lowest BCUT2D eigenvalue weighted by Gasteiger charge is -2.10. The summed E-state index contributed by atoms with van der Waals surface area (Å²) in [5.74, 6) is 0. The summed E-state index contributed by atoms with van der Waals surface area (Å²) in [5.41, 5.74) is 0. The summed E-state index contributed by atoms with van der Waals surface area (Å²) >= 11 is 0. The molecule has 162 valence electrons. The van der Waals surface area contributed by atoms with Gasteiger partial charge in [0.05, 0.1) is 13.2 Å². The highest BCUT2D eigenvalue weighted by Crippen LogP contribution is 2.09. The zero-order chi connectivity index (χ0) is 21.6. The third kappa shape index (κ3) is 86.6. The minimum absolute atomic E-state index is 0.303. The molecule has 0 amide bonds. The Balaban J connectivity index is -0.000000316. The van der Waals surface area contributed by atoms with Gasteiger partial charge in [0.25, 0.3) is 0 Å². The standard InChI is InChI=1S/C7H16O4Si.C3H10OSi.C2H8O2Si.CH6O2Si/c1-12(8,9)4-2-3-10-5-7-6-11-7;2*1-5(2,3)4;1-4(2)3/h7-9H,2-6H2,1H3;4H,1-3H3;3-4H,1-2H3;2-4H,1H3. The van der Waals surface area contributed by atoms with Crippen LogP contribution in [0.25, 0.3) is 0 Å². The van der Waals surface area contributed by atoms with E-state index in [0.717, 1.165) is 13.0 Å². The summed E-state index contributed by atoms with van der Waals surface area (Å²) in [6.45, 7) is 13.5. The first kappa shape index (κ1) is 31.2. The fourth-order valence-electron chi connectivity index (χ4n) is 0.888. The van der Waals surface area contributed by atoms with Gasteiger partial charge in [0.15, 0.2) is 8.32 Å². The van der Waals surface area contributed by atoms with Crippen LogP contribution in [0.3, 0.4) is 0 Å². The van der Waals surface area contributed by atoms with Gasteiger partial charge in [-0.2, -0.15) is 0 Å². The van der Waals surface area contributed by atoms with Crippen molar-refractivity contribution in [2.75, 3.05) is 19.8 Å². The first-order valence-electron chi connectivity index (χ1n) is 8.48. The van der Waals surface area contributed by atoms with E-state index in [9.17, 15) is 0 Å². The van der Waals surface area contributed by atoms with Crippen LogP contribution in [0, 0.1) is 0 Å². The second-order valence-electron chi connectivity index (χ2n) is 7.65. The Morgan fingerprint density at radius 3 is 1.50 bits per heavy atom. The molecule has 1 atom stereocenters. The van der Waals surface area contributed by atoms with E-state index >= 15 is 0 Å². The number of rotatable bonds is 6. The summed E-state index contributed by atoms with van der Waals surface area (Å²) in [4.78, 5) is 58.7. The van der Waals surface area contributed by atoms with Crippen molar-refractivity contribution in [3.05, 3.63) is 0 Å². The van der Waals surface area contributed by atoms with E-state index in [1.807, 2.05) is 19.6 Å². The van der Waals surface area contributed by atoms with Gasteiger partial charge in [0.2, 0.25) is 0 Å². The molecular formula is C13H40O9Si4. The maximum absolute atomic E-state index is 9.05. The molecule has 1 heterocycles. The van der Waals surface area contributed by atoms with Crippen LogP contribution in [0.4, 0.5) is 0 Å².